The SMILES string of the molecule is CCOc1ccc(C[C@H]2NC(=O)CC3(CCCCC3)SCSC[C@H](C(=O)N3CCC[C@H]3C(=O)N[C@@H](CCCCN)C(N)=O)NC(=O)[C@H](CC(N)=O)NC(=O)[C@H](C(C)C)NC(=O)[C@H](Cc3ccccc3)NC2=O)cc1. The second kappa shape index (κ2) is 29.3. The number of amides is 9. The molecule has 0 bridgehead atoms. The molecule has 2 aliphatic heterocycles. The molecule has 2 aromatic carbocycles. The van der Waals surface area contributed by atoms with E-state index in [1.165, 1.54) is 16.7 Å². The van der Waals surface area contributed by atoms with Gasteiger partial charge in [-0.3, -0.25) is 43.2 Å². The van der Waals surface area contributed by atoms with Crippen LogP contribution in [0.15, 0.2) is 54.6 Å². The number of nitrogens with zero attached hydrogens (tertiary/aromatic N) is 1. The Kier molecular flexibility index (Phi) is 23.4. The molecule has 7 atom stereocenters. The molecule has 0 radical (unpaired) electrons. The highest BCUT2D eigenvalue weighted by molar-refractivity contribution is 8.16. The van der Waals surface area contributed by atoms with Gasteiger partial charge in [0, 0.05) is 41.4 Å². The van der Waals surface area contributed by atoms with E-state index < -0.39 is 107 Å². The molecule has 22 heteroatoms. The number of rotatable bonds is 17. The molecule has 2 heterocycles. The number of carbonyl (C=O) groups excluding carboxylic acids is 9. The fraction of sp³-hybridized carbons (Fsp3) is 0.596. The molecule has 9 amide bonds. The fourth-order valence-corrected chi connectivity index (χ4v) is 12.6. The third-order valence-corrected chi connectivity index (χ3v) is 16.4. The predicted octanol–water partition coefficient (Wildman–Crippen LogP) is 1.45. The summed E-state index contributed by atoms with van der Waals surface area (Å²) in [7, 11) is 0. The zero-order valence-corrected chi connectivity index (χ0v) is 44.5. The lowest BCUT2D eigenvalue weighted by Crippen LogP contribution is -2.61. The van der Waals surface area contributed by atoms with Gasteiger partial charge in [0.05, 0.1) is 13.0 Å². The summed E-state index contributed by atoms with van der Waals surface area (Å²) in [6.45, 7) is 6.22. The minimum Gasteiger partial charge on any atom is -0.494 e. The molecule has 1 saturated carbocycles. The Morgan fingerprint density at radius 1 is 0.784 bits per heavy atom. The van der Waals surface area contributed by atoms with E-state index in [9.17, 15) is 43.2 Å². The summed E-state index contributed by atoms with van der Waals surface area (Å²) in [5.41, 5.74) is 18.3. The average molecular weight is 1070 g/mol. The molecular formula is C52H76N10O10S2. The van der Waals surface area contributed by atoms with E-state index in [1.54, 1.807) is 62.0 Å². The summed E-state index contributed by atoms with van der Waals surface area (Å²) < 4.78 is 5.09. The third-order valence-electron chi connectivity index (χ3n) is 13.6. The van der Waals surface area contributed by atoms with Crippen molar-refractivity contribution in [1.82, 2.24) is 36.8 Å². The first-order chi connectivity index (χ1) is 35.4. The van der Waals surface area contributed by atoms with Gasteiger partial charge < -0.3 is 58.7 Å². The van der Waals surface area contributed by atoms with Gasteiger partial charge in [-0.15, -0.1) is 23.5 Å². The minimum atomic E-state index is -1.60. The average Bonchev–Trinajstić information content (AvgIpc) is 3.86. The topological polar surface area (TPSA) is 316 Å². The van der Waals surface area contributed by atoms with Gasteiger partial charge >= 0.3 is 0 Å². The van der Waals surface area contributed by atoms with Gasteiger partial charge in [0.2, 0.25) is 53.2 Å². The molecule has 1 spiro atoms. The number of likely N-dealkylation sites (tertiary alicyclic amines) is 1. The van der Waals surface area contributed by atoms with Crippen LogP contribution in [0.25, 0.3) is 0 Å². The van der Waals surface area contributed by atoms with Crippen LogP contribution < -0.4 is 53.8 Å². The number of hydrogen-bond donors (Lipinski definition) is 9. The van der Waals surface area contributed by atoms with Crippen LogP contribution >= 0.6 is 23.5 Å². The molecule has 3 aliphatic rings. The molecule has 1 aliphatic carbocycles. The van der Waals surface area contributed by atoms with Crippen LogP contribution in [-0.4, -0.2) is 136 Å². The molecule has 74 heavy (non-hydrogen) atoms. The number of unbranched alkanes of at least 4 members (excludes halogenated alkanes) is 1. The van der Waals surface area contributed by atoms with Crippen LogP contribution in [0.3, 0.4) is 0 Å². The van der Waals surface area contributed by atoms with Crippen LogP contribution in [0.4, 0.5) is 0 Å². The molecule has 12 N–H and O–H groups in total. The third kappa shape index (κ3) is 17.9. The summed E-state index contributed by atoms with van der Waals surface area (Å²) in [6, 6.07) is 7.59. The van der Waals surface area contributed by atoms with Crippen molar-refractivity contribution >= 4 is 76.7 Å². The highest BCUT2D eigenvalue weighted by Crippen LogP contribution is 2.44. The lowest BCUT2D eigenvalue weighted by Gasteiger charge is -2.37. The summed E-state index contributed by atoms with van der Waals surface area (Å²) in [5, 5.41) is 17.1. The second-order valence-corrected chi connectivity index (χ2v) is 22.5. The van der Waals surface area contributed by atoms with E-state index in [-0.39, 0.29) is 50.3 Å². The number of carbonyl (C=O) groups is 9. The number of nitrogens with one attached hydrogen (secondary N) is 6. The van der Waals surface area contributed by atoms with Crippen molar-refractivity contribution in [2.45, 2.75) is 158 Å². The summed E-state index contributed by atoms with van der Waals surface area (Å²) in [6.07, 6.45) is 5.73. The number of benzene rings is 2. The van der Waals surface area contributed by atoms with Gasteiger partial charge in [-0.05, 0) is 87.6 Å². The number of primary amides is 2. The highest BCUT2D eigenvalue weighted by atomic mass is 32.2. The van der Waals surface area contributed by atoms with Gasteiger partial charge in [-0.1, -0.05) is 75.6 Å². The Labute approximate surface area is 442 Å². The standard InChI is InChI=1S/C52H76N10O10S2/c1-4-72-35-20-18-34(19-21-35)27-37-46(66)58-38(26-33-14-7-5-8-15-33)48(68)61-44(32(2)3)50(70)59-39(28-42(54)63)47(67)60-40(30-73-31-74-52(29-43(64)56-37)22-10-6-11-23-52)51(71)62-25-13-17-41(62)49(69)57-36(45(55)65)16-9-12-24-53/h5,7-8,14-15,18-21,32,36-41,44H,4,6,9-13,16-17,22-31,53H2,1-3H3,(H2,54,63)(H2,55,65)(H,56,64)(H,57,69)(H,58,66)(H,59,70)(H,60,67)(H,61,68)/t36-,37+,38-,39-,40+,41-,44-/m0/s1. The molecular weight excluding hydrogens is 989 g/mol. The van der Waals surface area contributed by atoms with Crippen molar-refractivity contribution in [2.24, 2.45) is 23.1 Å². The first-order valence-corrected chi connectivity index (χ1v) is 27.9. The van der Waals surface area contributed by atoms with E-state index in [0.29, 0.717) is 61.7 Å². The molecule has 2 aromatic rings. The largest absolute Gasteiger partial charge is 0.494 e. The summed E-state index contributed by atoms with van der Waals surface area (Å²) in [5.74, 6) is -6.28. The number of hydrogen-bond acceptors (Lipinski definition) is 13. The molecule has 20 nitrogen and oxygen atoms in total. The quantitative estimate of drug-likeness (QED) is 0.102. The maximum absolute atomic E-state index is 14.7. The lowest BCUT2D eigenvalue weighted by atomic mass is 9.85. The van der Waals surface area contributed by atoms with Gasteiger partial charge in [0.1, 0.15) is 48.0 Å². The van der Waals surface area contributed by atoms with Gasteiger partial charge in [0.15, 0.2) is 0 Å². The number of nitrogens with two attached hydrogens (primary N) is 3. The highest BCUT2D eigenvalue weighted by Gasteiger charge is 2.41. The molecule has 0 aromatic heterocycles. The minimum absolute atomic E-state index is 0.00810. The van der Waals surface area contributed by atoms with Crippen LogP contribution in [0.5, 0.6) is 5.75 Å². The zero-order valence-electron chi connectivity index (χ0n) is 42.8. The van der Waals surface area contributed by atoms with E-state index in [2.05, 4.69) is 31.9 Å². The first kappa shape index (κ1) is 59.0. The van der Waals surface area contributed by atoms with Crippen LogP contribution in [0, 0.1) is 5.92 Å². The number of thioether (sulfide) groups is 2. The van der Waals surface area contributed by atoms with E-state index in [0.717, 1.165) is 24.8 Å². The molecule has 406 valence electrons. The van der Waals surface area contributed by atoms with Gasteiger partial charge in [-0.2, -0.15) is 0 Å². The van der Waals surface area contributed by atoms with Crippen molar-refractivity contribution in [3.63, 3.8) is 0 Å². The first-order valence-electron chi connectivity index (χ1n) is 25.8. The second-order valence-electron chi connectivity index (χ2n) is 19.7. The fourth-order valence-electron chi connectivity index (χ4n) is 9.56. The van der Waals surface area contributed by atoms with Crippen molar-refractivity contribution < 1.29 is 47.9 Å². The molecule has 2 saturated heterocycles. The summed E-state index contributed by atoms with van der Waals surface area (Å²) >= 11 is 2.89. The van der Waals surface area contributed by atoms with Crippen molar-refractivity contribution in [3.05, 3.63) is 65.7 Å². The van der Waals surface area contributed by atoms with Crippen molar-refractivity contribution in [2.75, 3.05) is 30.5 Å². The number of ether oxygens (including phenoxy) is 1. The maximum atomic E-state index is 14.7. The van der Waals surface area contributed by atoms with Crippen molar-refractivity contribution in [1.29, 1.82) is 0 Å². The normalized spacial score (nSPS) is 24.0. The molecule has 5 rings (SSSR count). The molecule has 0 unspecified atom stereocenters. The Balaban J connectivity index is 1.51. The van der Waals surface area contributed by atoms with E-state index in [1.807, 2.05) is 25.1 Å². The molecule has 3 fully saturated rings. The Morgan fingerprint density at radius 3 is 2.05 bits per heavy atom. The van der Waals surface area contributed by atoms with Crippen LogP contribution in [-0.2, 0) is 56.0 Å². The van der Waals surface area contributed by atoms with Crippen LogP contribution in [0.2, 0.25) is 0 Å². The van der Waals surface area contributed by atoms with E-state index in [4.69, 9.17) is 21.9 Å². The maximum Gasteiger partial charge on any atom is 0.246 e. The Bertz CT molecular complexity index is 2250. The van der Waals surface area contributed by atoms with Crippen molar-refractivity contribution in [3.8, 4) is 5.75 Å². The lowest BCUT2D eigenvalue weighted by molar-refractivity contribution is -0.142. The van der Waals surface area contributed by atoms with Gasteiger partial charge in [0.25, 0.3) is 0 Å². The monoisotopic (exact) mass is 1060 g/mol. The van der Waals surface area contributed by atoms with Crippen LogP contribution in [0.1, 0.15) is 109 Å². The predicted molar refractivity (Wildman–Crippen MR) is 284 cm³/mol. The zero-order chi connectivity index (χ0) is 53.8. The smallest absolute Gasteiger partial charge is 0.246 e. The van der Waals surface area contributed by atoms with Gasteiger partial charge in [-0.25, -0.2) is 0 Å². The van der Waals surface area contributed by atoms with E-state index >= 15 is 0 Å². The summed E-state index contributed by atoms with van der Waals surface area (Å²) in [4.78, 5) is 127. The Hall–Kier alpha value is -5.87. The Morgan fingerprint density at radius 2 is 1.42 bits per heavy atom.